The molecule has 1 aliphatic heterocycles. The van der Waals surface area contributed by atoms with Crippen molar-refractivity contribution in [1.82, 2.24) is 5.32 Å². The molecule has 0 amide bonds. The van der Waals surface area contributed by atoms with Crippen LogP contribution in [0, 0.1) is 5.92 Å². The molecular formula is C7H10F2IN. The van der Waals surface area contributed by atoms with Gasteiger partial charge in [0.15, 0.2) is 0 Å². The molecule has 0 bridgehead atoms. The fourth-order valence-electron chi connectivity index (χ4n) is 2.07. The summed E-state index contributed by atoms with van der Waals surface area (Å²) in [4.78, 5) is 0. The SMILES string of the molecule is FC1(F)CC[C@@]2(I)CNC[C@@H]12. The number of nitrogens with one attached hydrogen (secondary N) is 1. The van der Waals surface area contributed by atoms with Gasteiger partial charge in [0.25, 0.3) is 5.92 Å². The zero-order valence-electron chi connectivity index (χ0n) is 6.04. The summed E-state index contributed by atoms with van der Waals surface area (Å²) in [6.45, 7) is 1.25. The van der Waals surface area contributed by atoms with Gasteiger partial charge >= 0.3 is 0 Å². The molecule has 2 atom stereocenters. The smallest absolute Gasteiger partial charge is 0.253 e. The lowest BCUT2D eigenvalue weighted by Crippen LogP contribution is -2.33. The first-order valence-corrected chi connectivity index (χ1v) is 4.90. The first kappa shape index (κ1) is 8.16. The lowest BCUT2D eigenvalue weighted by Gasteiger charge is -2.22. The van der Waals surface area contributed by atoms with Crippen molar-refractivity contribution < 1.29 is 8.78 Å². The molecule has 0 aromatic heterocycles. The molecule has 64 valence electrons. The van der Waals surface area contributed by atoms with Gasteiger partial charge in [0, 0.05) is 22.9 Å². The van der Waals surface area contributed by atoms with Crippen molar-refractivity contribution in [1.29, 1.82) is 0 Å². The maximum absolute atomic E-state index is 13.1. The standard InChI is InChI=1S/C7H10F2IN/c8-7(9)2-1-6(10)4-11-3-5(6)7/h5,11H,1-4H2/t5-,6-/m1/s1. The van der Waals surface area contributed by atoms with Crippen LogP contribution in [0.4, 0.5) is 8.78 Å². The molecular weight excluding hydrogens is 263 g/mol. The van der Waals surface area contributed by atoms with Crippen molar-refractivity contribution in [3.63, 3.8) is 0 Å². The Morgan fingerprint density at radius 1 is 1.36 bits per heavy atom. The van der Waals surface area contributed by atoms with Crippen molar-refractivity contribution >= 4 is 22.6 Å². The molecule has 2 rings (SSSR count). The molecule has 1 nitrogen and oxygen atoms in total. The molecule has 1 N–H and O–H groups in total. The van der Waals surface area contributed by atoms with E-state index in [4.69, 9.17) is 0 Å². The Balaban J connectivity index is 2.26. The minimum absolute atomic E-state index is 0.0856. The quantitative estimate of drug-likeness (QED) is 0.524. The van der Waals surface area contributed by atoms with Crippen LogP contribution in [0.25, 0.3) is 0 Å². The lowest BCUT2D eigenvalue weighted by molar-refractivity contribution is -0.0325. The summed E-state index contributed by atoms with van der Waals surface area (Å²) in [5, 5.41) is 3.03. The topological polar surface area (TPSA) is 12.0 Å². The molecule has 0 unspecified atom stereocenters. The number of rotatable bonds is 0. The second kappa shape index (κ2) is 2.28. The average Bonchev–Trinajstić information content (AvgIpc) is 2.36. The van der Waals surface area contributed by atoms with Crippen LogP contribution in [0.3, 0.4) is 0 Å². The van der Waals surface area contributed by atoms with Crippen LogP contribution in [0.2, 0.25) is 0 Å². The molecule has 0 spiro atoms. The van der Waals surface area contributed by atoms with E-state index < -0.39 is 11.8 Å². The Hall–Kier alpha value is 0.550. The number of fused-ring (bicyclic) bond motifs is 1. The average molecular weight is 273 g/mol. The molecule has 1 heterocycles. The summed E-state index contributed by atoms with van der Waals surface area (Å²) in [7, 11) is 0. The van der Waals surface area contributed by atoms with Crippen molar-refractivity contribution in [2.24, 2.45) is 5.92 Å². The van der Waals surface area contributed by atoms with E-state index in [1.807, 2.05) is 0 Å². The monoisotopic (exact) mass is 273 g/mol. The highest BCUT2D eigenvalue weighted by molar-refractivity contribution is 14.1. The number of halogens is 3. The van der Waals surface area contributed by atoms with Gasteiger partial charge in [-0.15, -0.1) is 0 Å². The molecule has 0 aromatic carbocycles. The molecule has 2 aliphatic rings. The summed E-state index contributed by atoms with van der Waals surface area (Å²) >= 11 is 2.20. The number of hydrogen-bond donors (Lipinski definition) is 1. The van der Waals surface area contributed by atoms with Crippen LogP contribution in [-0.2, 0) is 0 Å². The van der Waals surface area contributed by atoms with Crippen LogP contribution < -0.4 is 5.32 Å². The Morgan fingerprint density at radius 3 is 2.73 bits per heavy atom. The van der Waals surface area contributed by atoms with E-state index in [0.29, 0.717) is 13.0 Å². The maximum atomic E-state index is 13.1. The van der Waals surface area contributed by atoms with E-state index in [1.54, 1.807) is 0 Å². The van der Waals surface area contributed by atoms with E-state index in [9.17, 15) is 8.78 Å². The van der Waals surface area contributed by atoms with Gasteiger partial charge in [-0.2, -0.15) is 0 Å². The molecule has 1 saturated carbocycles. The molecule has 11 heavy (non-hydrogen) atoms. The maximum Gasteiger partial charge on any atom is 0.253 e. The third-order valence-electron chi connectivity index (χ3n) is 2.78. The molecule has 4 heteroatoms. The molecule has 1 saturated heterocycles. The lowest BCUT2D eigenvalue weighted by atomic mass is 9.99. The minimum atomic E-state index is -2.41. The van der Waals surface area contributed by atoms with Crippen molar-refractivity contribution in [2.75, 3.05) is 13.1 Å². The summed E-state index contributed by atoms with van der Waals surface area (Å²) < 4.78 is 26.0. The molecule has 1 aliphatic carbocycles. The number of hydrogen-bond acceptors (Lipinski definition) is 1. The van der Waals surface area contributed by atoms with Gasteiger partial charge < -0.3 is 5.32 Å². The van der Waals surface area contributed by atoms with Crippen molar-refractivity contribution in [3.05, 3.63) is 0 Å². The third-order valence-corrected chi connectivity index (χ3v) is 4.45. The third kappa shape index (κ3) is 1.09. The predicted octanol–water partition coefficient (Wildman–Crippen LogP) is 1.81. The van der Waals surface area contributed by atoms with Crippen LogP contribution >= 0.6 is 22.6 Å². The Kier molecular flexibility index (Phi) is 1.69. The second-order valence-electron chi connectivity index (χ2n) is 3.48. The first-order valence-electron chi connectivity index (χ1n) is 3.82. The zero-order chi connectivity index (χ0) is 8.11. The number of alkyl halides is 3. The van der Waals surface area contributed by atoms with E-state index in [-0.39, 0.29) is 9.84 Å². The fourth-order valence-corrected chi connectivity index (χ4v) is 3.28. The van der Waals surface area contributed by atoms with E-state index in [2.05, 4.69) is 27.9 Å². The molecule has 2 fully saturated rings. The van der Waals surface area contributed by atoms with E-state index in [1.165, 1.54) is 0 Å². The Bertz CT molecular complexity index is 185. The second-order valence-corrected chi connectivity index (χ2v) is 5.63. The van der Waals surface area contributed by atoms with E-state index >= 15 is 0 Å². The fraction of sp³-hybridized carbons (Fsp3) is 1.00. The van der Waals surface area contributed by atoms with Crippen molar-refractivity contribution in [2.45, 2.75) is 22.2 Å². The van der Waals surface area contributed by atoms with E-state index in [0.717, 1.165) is 6.54 Å². The summed E-state index contributed by atoms with van der Waals surface area (Å²) in [6.07, 6.45) is 0.751. The zero-order valence-corrected chi connectivity index (χ0v) is 8.20. The van der Waals surface area contributed by atoms with Gasteiger partial charge in [-0.25, -0.2) is 8.78 Å². The van der Waals surface area contributed by atoms with Gasteiger partial charge in [-0.3, -0.25) is 0 Å². The van der Waals surface area contributed by atoms with Crippen LogP contribution in [-0.4, -0.2) is 22.4 Å². The highest BCUT2D eigenvalue weighted by Crippen LogP contribution is 2.53. The minimum Gasteiger partial charge on any atom is -0.315 e. The molecule has 0 radical (unpaired) electrons. The van der Waals surface area contributed by atoms with Gasteiger partial charge in [0.05, 0.1) is 5.92 Å². The largest absolute Gasteiger partial charge is 0.315 e. The normalized spacial score (nSPS) is 47.7. The molecule has 0 aromatic rings. The summed E-state index contributed by atoms with van der Waals surface area (Å²) in [5.41, 5.74) is 0. The van der Waals surface area contributed by atoms with Gasteiger partial charge in [-0.1, -0.05) is 22.6 Å². The summed E-state index contributed by atoms with van der Waals surface area (Å²) in [5.74, 6) is -2.83. The highest BCUT2D eigenvalue weighted by Gasteiger charge is 2.59. The van der Waals surface area contributed by atoms with Crippen LogP contribution in [0.1, 0.15) is 12.8 Å². The van der Waals surface area contributed by atoms with Crippen molar-refractivity contribution in [3.8, 4) is 0 Å². The van der Waals surface area contributed by atoms with Gasteiger partial charge in [0.2, 0.25) is 0 Å². The Morgan fingerprint density at radius 2 is 2.09 bits per heavy atom. The highest BCUT2D eigenvalue weighted by atomic mass is 127. The summed E-state index contributed by atoms with van der Waals surface area (Å²) in [6, 6.07) is 0. The van der Waals surface area contributed by atoms with Crippen LogP contribution in [0.5, 0.6) is 0 Å². The van der Waals surface area contributed by atoms with Crippen LogP contribution in [0.15, 0.2) is 0 Å². The Labute approximate surface area is 78.1 Å². The van der Waals surface area contributed by atoms with Gasteiger partial charge in [0.1, 0.15) is 0 Å². The van der Waals surface area contributed by atoms with Gasteiger partial charge in [-0.05, 0) is 6.42 Å². The first-order chi connectivity index (χ1) is 5.05. The predicted molar refractivity (Wildman–Crippen MR) is 47.3 cm³/mol.